The summed E-state index contributed by atoms with van der Waals surface area (Å²) in [5, 5.41) is 6.78. The number of piperazine rings is 1. The summed E-state index contributed by atoms with van der Waals surface area (Å²) in [7, 11) is 2.20. The van der Waals surface area contributed by atoms with E-state index in [4.69, 9.17) is 9.73 Å². The second kappa shape index (κ2) is 14.8. The van der Waals surface area contributed by atoms with Gasteiger partial charge in [0, 0.05) is 45.3 Å². The molecule has 27 heavy (non-hydrogen) atoms. The van der Waals surface area contributed by atoms with Gasteiger partial charge in [-0.3, -0.25) is 9.89 Å². The van der Waals surface area contributed by atoms with Gasteiger partial charge in [-0.15, -0.1) is 24.0 Å². The quantitative estimate of drug-likeness (QED) is 0.178. The van der Waals surface area contributed by atoms with Gasteiger partial charge in [0.25, 0.3) is 0 Å². The Morgan fingerprint density at radius 2 is 1.74 bits per heavy atom. The number of likely N-dealkylation sites (N-methyl/N-ethyl adjacent to an activating group) is 1. The standard InChI is InChI=1S/C20H41N5O.HI/c1-4-21-20(22-11-16-26-19-9-7-5-6-8-10-19)23-17-18(2)25-14-12-24(3)13-15-25;/h18-19H,4-17H2,1-3H3,(H2,21,22,23);1H. The Morgan fingerprint density at radius 3 is 2.37 bits per heavy atom. The molecule has 1 aliphatic heterocycles. The third-order valence-corrected chi connectivity index (χ3v) is 5.57. The van der Waals surface area contributed by atoms with E-state index in [0.717, 1.165) is 58.4 Å². The van der Waals surface area contributed by atoms with Crippen LogP contribution >= 0.6 is 24.0 Å². The van der Waals surface area contributed by atoms with E-state index in [1.807, 2.05) is 0 Å². The summed E-state index contributed by atoms with van der Waals surface area (Å²) in [5.74, 6) is 0.915. The van der Waals surface area contributed by atoms with Crippen LogP contribution in [0.1, 0.15) is 52.4 Å². The molecular weight excluding hydrogens is 453 g/mol. The number of nitrogens with zero attached hydrogens (tertiary/aromatic N) is 3. The first-order chi connectivity index (χ1) is 12.7. The van der Waals surface area contributed by atoms with Gasteiger partial charge < -0.3 is 20.3 Å². The van der Waals surface area contributed by atoms with Gasteiger partial charge in [-0.1, -0.05) is 25.7 Å². The van der Waals surface area contributed by atoms with Gasteiger partial charge in [0.1, 0.15) is 0 Å². The molecule has 0 bridgehead atoms. The highest BCUT2D eigenvalue weighted by Crippen LogP contribution is 2.19. The van der Waals surface area contributed by atoms with E-state index in [9.17, 15) is 0 Å². The number of halogens is 1. The Labute approximate surface area is 183 Å². The monoisotopic (exact) mass is 495 g/mol. The molecule has 7 heteroatoms. The maximum Gasteiger partial charge on any atom is 0.191 e. The second-order valence-electron chi connectivity index (χ2n) is 7.82. The van der Waals surface area contributed by atoms with Crippen LogP contribution in [-0.4, -0.2) is 87.4 Å². The van der Waals surface area contributed by atoms with Crippen LogP contribution in [0.25, 0.3) is 0 Å². The highest BCUT2D eigenvalue weighted by molar-refractivity contribution is 14.0. The molecule has 2 aliphatic rings. The first-order valence-electron chi connectivity index (χ1n) is 10.8. The Balaban J connectivity index is 0.00000364. The largest absolute Gasteiger partial charge is 0.376 e. The number of hydrogen-bond acceptors (Lipinski definition) is 4. The molecule has 1 unspecified atom stereocenters. The molecule has 2 N–H and O–H groups in total. The molecule has 2 fully saturated rings. The van der Waals surface area contributed by atoms with E-state index >= 15 is 0 Å². The van der Waals surface area contributed by atoms with Crippen molar-refractivity contribution in [2.45, 2.75) is 64.5 Å². The van der Waals surface area contributed by atoms with Crippen molar-refractivity contribution in [3.63, 3.8) is 0 Å². The minimum atomic E-state index is 0. The molecule has 6 nitrogen and oxygen atoms in total. The lowest BCUT2D eigenvalue weighted by Gasteiger charge is -2.35. The normalized spacial score (nSPS) is 22.0. The predicted octanol–water partition coefficient (Wildman–Crippen LogP) is 2.53. The van der Waals surface area contributed by atoms with Crippen molar-refractivity contribution in [3.8, 4) is 0 Å². The Kier molecular flexibility index (Phi) is 13.7. The van der Waals surface area contributed by atoms with Gasteiger partial charge >= 0.3 is 0 Å². The van der Waals surface area contributed by atoms with Crippen molar-refractivity contribution in [1.82, 2.24) is 20.4 Å². The zero-order valence-electron chi connectivity index (χ0n) is 17.7. The second-order valence-corrected chi connectivity index (χ2v) is 7.82. The number of hydrogen-bond donors (Lipinski definition) is 2. The Morgan fingerprint density at radius 1 is 1.07 bits per heavy atom. The number of aliphatic imine (C=N–C) groups is 1. The molecule has 0 aromatic carbocycles. The Hall–Kier alpha value is -0.120. The van der Waals surface area contributed by atoms with Crippen molar-refractivity contribution >= 4 is 29.9 Å². The summed E-state index contributed by atoms with van der Waals surface area (Å²) >= 11 is 0. The fourth-order valence-electron chi connectivity index (χ4n) is 3.75. The van der Waals surface area contributed by atoms with Gasteiger partial charge in [-0.2, -0.15) is 0 Å². The average molecular weight is 495 g/mol. The molecule has 1 heterocycles. The molecule has 0 aromatic rings. The summed E-state index contributed by atoms with van der Waals surface area (Å²) in [6, 6.07) is 0.487. The summed E-state index contributed by atoms with van der Waals surface area (Å²) in [5.41, 5.74) is 0. The molecule has 0 aromatic heterocycles. The van der Waals surface area contributed by atoms with E-state index in [1.165, 1.54) is 38.5 Å². The molecular formula is C20H42IN5O. The van der Waals surface area contributed by atoms with E-state index in [1.54, 1.807) is 0 Å². The van der Waals surface area contributed by atoms with Gasteiger partial charge in [0.2, 0.25) is 0 Å². The Bertz CT molecular complexity index is 394. The smallest absolute Gasteiger partial charge is 0.191 e. The minimum Gasteiger partial charge on any atom is -0.376 e. The topological polar surface area (TPSA) is 52.1 Å². The average Bonchev–Trinajstić information content (AvgIpc) is 2.92. The lowest BCUT2D eigenvalue weighted by atomic mass is 10.1. The third kappa shape index (κ3) is 10.3. The molecule has 1 saturated heterocycles. The lowest BCUT2D eigenvalue weighted by Crippen LogP contribution is -2.49. The number of guanidine groups is 1. The van der Waals surface area contributed by atoms with Crippen LogP contribution in [0, 0.1) is 0 Å². The van der Waals surface area contributed by atoms with Crippen molar-refractivity contribution in [2.75, 3.05) is 59.5 Å². The van der Waals surface area contributed by atoms with Gasteiger partial charge in [0.15, 0.2) is 5.96 Å². The maximum absolute atomic E-state index is 6.06. The van der Waals surface area contributed by atoms with Gasteiger partial charge in [-0.05, 0) is 33.7 Å². The number of nitrogens with one attached hydrogen (secondary N) is 2. The van der Waals surface area contributed by atoms with Gasteiger partial charge in [0.05, 0.1) is 19.3 Å². The molecule has 0 radical (unpaired) electrons. The van der Waals surface area contributed by atoms with Crippen molar-refractivity contribution in [1.29, 1.82) is 0 Å². The minimum absolute atomic E-state index is 0. The summed E-state index contributed by atoms with van der Waals surface area (Å²) in [6.07, 6.45) is 8.34. The number of ether oxygens (including phenoxy) is 1. The van der Waals surface area contributed by atoms with Crippen molar-refractivity contribution < 1.29 is 4.74 Å². The predicted molar refractivity (Wildman–Crippen MR) is 125 cm³/mol. The molecule has 0 spiro atoms. The molecule has 0 amide bonds. The first-order valence-corrected chi connectivity index (χ1v) is 10.8. The van der Waals surface area contributed by atoms with Crippen LogP contribution in [0.5, 0.6) is 0 Å². The maximum atomic E-state index is 6.06. The van der Waals surface area contributed by atoms with Crippen molar-refractivity contribution in [3.05, 3.63) is 0 Å². The molecule has 1 saturated carbocycles. The lowest BCUT2D eigenvalue weighted by molar-refractivity contribution is 0.0468. The molecule has 1 atom stereocenters. The van der Waals surface area contributed by atoms with E-state index in [2.05, 4.69) is 41.3 Å². The number of rotatable bonds is 8. The van der Waals surface area contributed by atoms with Crippen LogP contribution in [0.2, 0.25) is 0 Å². The zero-order chi connectivity index (χ0) is 18.6. The molecule has 160 valence electrons. The molecule has 2 rings (SSSR count). The summed E-state index contributed by atoms with van der Waals surface area (Å²) in [6.45, 7) is 12.3. The fourth-order valence-corrected chi connectivity index (χ4v) is 3.75. The van der Waals surface area contributed by atoms with Crippen molar-refractivity contribution in [2.24, 2.45) is 4.99 Å². The van der Waals surface area contributed by atoms with Crippen LogP contribution in [0.4, 0.5) is 0 Å². The molecule has 1 aliphatic carbocycles. The summed E-state index contributed by atoms with van der Waals surface area (Å²) < 4.78 is 6.06. The highest BCUT2D eigenvalue weighted by Gasteiger charge is 2.18. The highest BCUT2D eigenvalue weighted by atomic mass is 127. The van der Waals surface area contributed by atoms with E-state index < -0.39 is 0 Å². The van der Waals surface area contributed by atoms with Crippen LogP contribution in [0.3, 0.4) is 0 Å². The van der Waals surface area contributed by atoms with Crippen LogP contribution < -0.4 is 10.6 Å². The first kappa shape index (κ1) is 24.9. The zero-order valence-corrected chi connectivity index (χ0v) is 20.0. The van der Waals surface area contributed by atoms with E-state index in [-0.39, 0.29) is 24.0 Å². The SMILES string of the molecule is CCNC(=NCC(C)N1CCN(C)CC1)NCCOC1CCCCCC1.I. The third-order valence-electron chi connectivity index (χ3n) is 5.57. The van der Waals surface area contributed by atoms with Crippen LogP contribution in [0.15, 0.2) is 4.99 Å². The van der Waals surface area contributed by atoms with E-state index in [0.29, 0.717) is 12.1 Å². The van der Waals surface area contributed by atoms with Crippen LogP contribution in [-0.2, 0) is 4.74 Å². The summed E-state index contributed by atoms with van der Waals surface area (Å²) in [4.78, 5) is 9.73. The van der Waals surface area contributed by atoms with Gasteiger partial charge in [-0.25, -0.2) is 0 Å². The fraction of sp³-hybridized carbons (Fsp3) is 0.950.